The van der Waals surface area contributed by atoms with Crippen LogP contribution in [-0.2, 0) is 11.3 Å². The third-order valence-electron chi connectivity index (χ3n) is 3.20. The molecule has 21 heavy (non-hydrogen) atoms. The monoisotopic (exact) mass is 355 g/mol. The zero-order valence-electron chi connectivity index (χ0n) is 11.8. The SMILES string of the molecule is CCn1cc(C(=O)OC)c(=O)c2c(O)c(Br)cc(OC)c21. The molecule has 0 amide bonds. The molecule has 0 atom stereocenters. The van der Waals surface area contributed by atoms with Gasteiger partial charge in [-0.25, -0.2) is 4.79 Å². The highest BCUT2D eigenvalue weighted by molar-refractivity contribution is 9.10. The standard InChI is InChI=1S/C14H14BrNO5/c1-4-16-6-7(14(19)21-3)12(17)10-11(16)9(20-2)5-8(15)13(10)18/h5-6,18H,4H2,1-3H3. The maximum absolute atomic E-state index is 12.5. The molecule has 1 aromatic carbocycles. The first-order chi connectivity index (χ1) is 9.96. The molecule has 0 radical (unpaired) electrons. The number of aromatic nitrogens is 1. The number of methoxy groups -OCH3 is 2. The average molecular weight is 356 g/mol. The molecule has 0 aliphatic rings. The topological polar surface area (TPSA) is 77.8 Å². The molecule has 0 saturated carbocycles. The van der Waals surface area contributed by atoms with E-state index in [0.29, 0.717) is 22.3 Å². The fraction of sp³-hybridized carbons (Fsp3) is 0.286. The Morgan fingerprint density at radius 2 is 2.10 bits per heavy atom. The summed E-state index contributed by atoms with van der Waals surface area (Å²) in [6.07, 6.45) is 1.41. The Bertz CT molecular complexity index is 781. The molecule has 2 aromatic rings. The largest absolute Gasteiger partial charge is 0.506 e. The van der Waals surface area contributed by atoms with Gasteiger partial charge < -0.3 is 19.1 Å². The Balaban J connectivity index is 3.06. The highest BCUT2D eigenvalue weighted by Crippen LogP contribution is 2.37. The van der Waals surface area contributed by atoms with Gasteiger partial charge in [0.15, 0.2) is 0 Å². The third kappa shape index (κ3) is 2.37. The lowest BCUT2D eigenvalue weighted by Crippen LogP contribution is -2.20. The van der Waals surface area contributed by atoms with E-state index in [9.17, 15) is 14.7 Å². The van der Waals surface area contributed by atoms with Gasteiger partial charge in [0.05, 0.1) is 29.6 Å². The van der Waals surface area contributed by atoms with Gasteiger partial charge in [-0.1, -0.05) is 0 Å². The molecule has 6 nitrogen and oxygen atoms in total. The number of nitrogens with zero attached hydrogens (tertiary/aromatic N) is 1. The Hall–Kier alpha value is -2.02. The van der Waals surface area contributed by atoms with Crippen molar-refractivity contribution in [3.63, 3.8) is 0 Å². The predicted molar refractivity (Wildman–Crippen MR) is 81.1 cm³/mol. The molecule has 7 heteroatoms. The fourth-order valence-corrected chi connectivity index (χ4v) is 2.59. The van der Waals surface area contributed by atoms with Crippen molar-refractivity contribution >= 4 is 32.8 Å². The maximum atomic E-state index is 12.5. The number of hydrogen-bond acceptors (Lipinski definition) is 5. The summed E-state index contributed by atoms with van der Waals surface area (Å²) in [6, 6.07) is 1.57. The average Bonchev–Trinajstić information content (AvgIpc) is 2.49. The van der Waals surface area contributed by atoms with Gasteiger partial charge in [0.25, 0.3) is 0 Å². The number of phenols is 1. The van der Waals surface area contributed by atoms with E-state index in [0.717, 1.165) is 0 Å². The minimum absolute atomic E-state index is 0.0194. The van der Waals surface area contributed by atoms with Gasteiger partial charge >= 0.3 is 5.97 Å². The van der Waals surface area contributed by atoms with E-state index in [1.54, 1.807) is 10.6 Å². The van der Waals surface area contributed by atoms with Crippen LogP contribution in [0.1, 0.15) is 17.3 Å². The minimum Gasteiger partial charge on any atom is -0.506 e. The van der Waals surface area contributed by atoms with Crippen LogP contribution in [-0.4, -0.2) is 29.9 Å². The second kappa shape index (κ2) is 5.77. The molecule has 0 aliphatic heterocycles. The lowest BCUT2D eigenvalue weighted by molar-refractivity contribution is 0.0598. The molecule has 1 N–H and O–H groups in total. The minimum atomic E-state index is -0.748. The van der Waals surface area contributed by atoms with Crippen molar-refractivity contribution < 1.29 is 19.4 Å². The Morgan fingerprint density at radius 1 is 1.43 bits per heavy atom. The summed E-state index contributed by atoms with van der Waals surface area (Å²) in [5.74, 6) is -0.559. The normalized spacial score (nSPS) is 10.7. The van der Waals surface area contributed by atoms with Crippen LogP contribution in [0.2, 0.25) is 0 Å². The van der Waals surface area contributed by atoms with Gasteiger partial charge in [-0.2, -0.15) is 0 Å². The second-order valence-corrected chi connectivity index (χ2v) is 5.14. The van der Waals surface area contributed by atoms with E-state index in [1.165, 1.54) is 20.4 Å². The number of phenolic OH excluding ortho intramolecular Hbond substituents is 1. The van der Waals surface area contributed by atoms with Crippen LogP contribution >= 0.6 is 15.9 Å². The molecule has 0 fully saturated rings. The van der Waals surface area contributed by atoms with Crippen molar-refractivity contribution in [2.45, 2.75) is 13.5 Å². The molecule has 2 rings (SSSR count). The molecular formula is C14H14BrNO5. The Morgan fingerprint density at radius 3 is 2.62 bits per heavy atom. The number of ether oxygens (including phenoxy) is 2. The number of rotatable bonds is 3. The van der Waals surface area contributed by atoms with Crippen molar-refractivity contribution in [1.29, 1.82) is 0 Å². The van der Waals surface area contributed by atoms with E-state index < -0.39 is 11.4 Å². The van der Waals surface area contributed by atoms with Crippen LogP contribution < -0.4 is 10.2 Å². The van der Waals surface area contributed by atoms with Crippen molar-refractivity contribution in [2.75, 3.05) is 14.2 Å². The number of carbonyl (C=O) groups excluding carboxylic acids is 1. The zero-order valence-corrected chi connectivity index (χ0v) is 13.4. The first kappa shape index (κ1) is 15.4. The quantitative estimate of drug-likeness (QED) is 0.854. The van der Waals surface area contributed by atoms with Gasteiger partial charge in [-0.05, 0) is 22.9 Å². The number of aryl methyl sites for hydroxylation is 1. The summed E-state index contributed by atoms with van der Waals surface area (Å²) in [5, 5.41) is 10.2. The summed E-state index contributed by atoms with van der Waals surface area (Å²) in [5.41, 5.74) is -0.306. The fourth-order valence-electron chi connectivity index (χ4n) is 2.18. The second-order valence-electron chi connectivity index (χ2n) is 4.28. The van der Waals surface area contributed by atoms with Crippen molar-refractivity contribution in [2.24, 2.45) is 0 Å². The predicted octanol–water partition coefficient (Wildman–Crippen LogP) is 2.28. The summed E-state index contributed by atoms with van der Waals surface area (Å²) >= 11 is 3.17. The van der Waals surface area contributed by atoms with E-state index in [1.807, 2.05) is 6.92 Å². The molecule has 112 valence electrons. The zero-order chi connectivity index (χ0) is 15.7. The van der Waals surface area contributed by atoms with Gasteiger partial charge in [0.2, 0.25) is 5.43 Å². The van der Waals surface area contributed by atoms with Crippen LogP contribution in [0.15, 0.2) is 21.5 Å². The highest BCUT2D eigenvalue weighted by Gasteiger charge is 2.22. The van der Waals surface area contributed by atoms with E-state index in [4.69, 9.17) is 4.74 Å². The molecule has 0 bridgehead atoms. The van der Waals surface area contributed by atoms with Gasteiger partial charge in [0, 0.05) is 18.8 Å². The van der Waals surface area contributed by atoms with E-state index in [-0.39, 0.29) is 16.7 Å². The number of aromatic hydroxyl groups is 1. The molecule has 1 aromatic heterocycles. The van der Waals surface area contributed by atoms with Crippen molar-refractivity contribution in [3.05, 3.63) is 32.5 Å². The number of benzene rings is 1. The Labute approximate surface area is 129 Å². The molecule has 0 saturated heterocycles. The summed E-state index contributed by atoms with van der Waals surface area (Å²) in [4.78, 5) is 24.2. The molecule has 1 heterocycles. The van der Waals surface area contributed by atoms with Gasteiger partial charge in [0.1, 0.15) is 17.1 Å². The Kier molecular flexibility index (Phi) is 4.22. The molecule has 0 unspecified atom stereocenters. The van der Waals surface area contributed by atoms with Crippen LogP contribution in [0, 0.1) is 0 Å². The van der Waals surface area contributed by atoms with Gasteiger partial charge in [-0.3, -0.25) is 4.79 Å². The van der Waals surface area contributed by atoms with Crippen molar-refractivity contribution in [1.82, 2.24) is 4.57 Å². The highest BCUT2D eigenvalue weighted by atomic mass is 79.9. The van der Waals surface area contributed by atoms with Crippen molar-refractivity contribution in [3.8, 4) is 11.5 Å². The van der Waals surface area contributed by atoms with Crippen LogP contribution in [0.4, 0.5) is 0 Å². The lowest BCUT2D eigenvalue weighted by Gasteiger charge is -2.15. The first-order valence-electron chi connectivity index (χ1n) is 6.17. The number of halogens is 1. The molecule has 0 spiro atoms. The van der Waals surface area contributed by atoms with Crippen LogP contribution in [0.3, 0.4) is 0 Å². The molecule has 0 aliphatic carbocycles. The van der Waals surface area contributed by atoms with E-state index >= 15 is 0 Å². The number of pyridine rings is 1. The smallest absolute Gasteiger partial charge is 0.343 e. The number of esters is 1. The van der Waals surface area contributed by atoms with Gasteiger partial charge in [-0.15, -0.1) is 0 Å². The lowest BCUT2D eigenvalue weighted by atomic mass is 10.1. The number of hydrogen-bond donors (Lipinski definition) is 1. The van der Waals surface area contributed by atoms with Crippen LogP contribution in [0.5, 0.6) is 11.5 Å². The summed E-state index contributed by atoms with van der Waals surface area (Å²) < 4.78 is 11.9. The number of carbonyl (C=O) groups is 1. The summed E-state index contributed by atoms with van der Waals surface area (Å²) in [7, 11) is 2.67. The third-order valence-corrected chi connectivity index (χ3v) is 3.81. The maximum Gasteiger partial charge on any atom is 0.343 e. The number of fused-ring (bicyclic) bond motifs is 1. The van der Waals surface area contributed by atoms with Crippen LogP contribution in [0.25, 0.3) is 10.9 Å². The van der Waals surface area contributed by atoms with E-state index in [2.05, 4.69) is 20.7 Å². The first-order valence-corrected chi connectivity index (χ1v) is 6.96. The molecular weight excluding hydrogens is 342 g/mol. The summed E-state index contributed by atoms with van der Waals surface area (Å²) in [6.45, 7) is 2.34.